The molecule has 0 saturated heterocycles. The fourth-order valence-corrected chi connectivity index (χ4v) is 4.95. The van der Waals surface area contributed by atoms with Gasteiger partial charge in [-0.15, -0.1) is 0 Å². The van der Waals surface area contributed by atoms with E-state index in [1.807, 2.05) is 43.0 Å². The van der Waals surface area contributed by atoms with Crippen molar-refractivity contribution in [3.05, 3.63) is 60.1 Å². The number of rotatable bonds is 12. The number of aromatic nitrogens is 3. The van der Waals surface area contributed by atoms with Crippen molar-refractivity contribution < 1.29 is 23.2 Å². The molecule has 1 amide bonds. The lowest BCUT2D eigenvalue weighted by Crippen LogP contribution is -2.29. The molecule has 12 nitrogen and oxygen atoms in total. The Kier molecular flexibility index (Phi) is 8.72. The minimum Gasteiger partial charge on any atom is -0.494 e. The van der Waals surface area contributed by atoms with Gasteiger partial charge in [0, 0.05) is 54.1 Å². The summed E-state index contributed by atoms with van der Waals surface area (Å²) in [6.45, 7) is 11.7. The third-order valence-corrected chi connectivity index (χ3v) is 7.15. The second kappa shape index (κ2) is 13.5. The molecule has 0 bridgehead atoms. The first-order valence-corrected chi connectivity index (χ1v) is 14.6. The number of fused-ring (bicyclic) bond motifs is 1. The average Bonchev–Trinajstić information content (AvgIpc) is 3.26. The van der Waals surface area contributed by atoms with Crippen LogP contribution in [0.25, 0.3) is 0 Å². The van der Waals surface area contributed by atoms with Crippen LogP contribution in [0.1, 0.15) is 53.6 Å². The lowest BCUT2D eigenvalue weighted by atomic mass is 9.91. The number of aryl methyl sites for hydroxylation is 1. The number of anilines is 6. The van der Waals surface area contributed by atoms with Gasteiger partial charge in [-0.05, 0) is 59.1 Å². The largest absolute Gasteiger partial charge is 0.494 e. The van der Waals surface area contributed by atoms with Gasteiger partial charge in [0.1, 0.15) is 11.3 Å². The molecule has 4 rings (SSSR count). The van der Waals surface area contributed by atoms with Crippen LogP contribution in [0.5, 0.6) is 5.75 Å². The Bertz CT molecular complexity index is 1690. The van der Waals surface area contributed by atoms with Gasteiger partial charge in [-0.25, -0.2) is 9.78 Å². The Balaban J connectivity index is 1.85. The second-order valence-corrected chi connectivity index (χ2v) is 12.0. The summed E-state index contributed by atoms with van der Waals surface area (Å²) in [6, 6.07) is 6.95. The fraction of sp³-hybridized carbons (Fsp3) is 0.424. The van der Waals surface area contributed by atoms with Gasteiger partial charge in [0.2, 0.25) is 11.9 Å². The van der Waals surface area contributed by atoms with Crippen LogP contribution in [0.2, 0.25) is 0 Å². The van der Waals surface area contributed by atoms with Gasteiger partial charge in [0.25, 0.3) is 0 Å². The highest BCUT2D eigenvalue weighted by Crippen LogP contribution is 2.44. The Morgan fingerprint density at radius 3 is 2.60 bits per heavy atom. The summed E-state index contributed by atoms with van der Waals surface area (Å²) in [5, 5.41) is 5.87. The van der Waals surface area contributed by atoms with Gasteiger partial charge in [-0.3, -0.25) is 9.78 Å². The number of pyridine rings is 1. The van der Waals surface area contributed by atoms with Crippen LogP contribution in [-0.4, -0.2) is 85.6 Å². The van der Waals surface area contributed by atoms with Crippen molar-refractivity contribution >= 4 is 46.4 Å². The molecular weight excluding hydrogens is 572 g/mol. The zero-order valence-electron chi connectivity index (χ0n) is 30.2. The van der Waals surface area contributed by atoms with Crippen molar-refractivity contribution in [3.63, 3.8) is 0 Å². The molecule has 1 aromatic carbocycles. The van der Waals surface area contributed by atoms with Gasteiger partial charge >= 0.3 is 5.97 Å². The summed E-state index contributed by atoms with van der Waals surface area (Å²) < 4.78 is 35.9. The van der Waals surface area contributed by atoms with Crippen molar-refractivity contribution in [1.29, 1.82) is 0 Å². The van der Waals surface area contributed by atoms with Gasteiger partial charge in [-0.2, -0.15) is 4.98 Å². The van der Waals surface area contributed by atoms with E-state index < -0.39 is 18.9 Å². The first-order valence-electron chi connectivity index (χ1n) is 16.1. The van der Waals surface area contributed by atoms with Crippen LogP contribution in [0.3, 0.4) is 0 Å². The molecule has 2 N–H and O–H groups in total. The number of hydrogen-bond donors (Lipinski definition) is 2. The molecule has 12 heteroatoms. The first kappa shape index (κ1) is 29.0. The minimum atomic E-state index is -2.53. The van der Waals surface area contributed by atoms with E-state index in [1.165, 1.54) is 24.3 Å². The van der Waals surface area contributed by atoms with Crippen molar-refractivity contribution in [2.75, 3.05) is 68.2 Å². The predicted molar refractivity (Wildman–Crippen MR) is 179 cm³/mol. The Hall–Kier alpha value is -4.71. The van der Waals surface area contributed by atoms with Gasteiger partial charge in [0.15, 0.2) is 5.82 Å². The molecule has 1 aliphatic rings. The monoisotopic (exact) mass is 619 g/mol. The standard InChI is InChI=1S/C33H44N8O4/c1-11-28(42)36-23-16-24(27(44-10)17-26(23)40(9)15-14-39(7)8)37-32-34-18-22(31(43)45-20(2)3)30(38-32)41-19-33(5,6)29-25(41)13-12-21(4)35-29/h11-13,16-18,20H,1,14-15,19H2,2-10H3,(H,36,42)(H,34,37,38)/i9D3. The number of nitrogens with zero attached hydrogens (tertiary/aromatic N) is 6. The maximum Gasteiger partial charge on any atom is 0.343 e. The average molecular weight is 620 g/mol. The quantitative estimate of drug-likeness (QED) is 0.209. The molecule has 0 aliphatic carbocycles. The van der Waals surface area contributed by atoms with Gasteiger partial charge < -0.3 is 34.8 Å². The normalized spacial score (nSPS) is 14.7. The van der Waals surface area contributed by atoms with Crippen molar-refractivity contribution in [3.8, 4) is 5.75 Å². The summed E-state index contributed by atoms with van der Waals surface area (Å²) in [7, 11) is 5.13. The van der Waals surface area contributed by atoms with Crippen molar-refractivity contribution in [1.82, 2.24) is 19.9 Å². The van der Waals surface area contributed by atoms with Crippen LogP contribution >= 0.6 is 0 Å². The number of nitrogens with one attached hydrogen (secondary N) is 2. The molecule has 0 saturated carbocycles. The summed E-state index contributed by atoms with van der Waals surface area (Å²) in [5.74, 6) is -0.400. The van der Waals surface area contributed by atoms with Crippen LogP contribution < -0.4 is 25.2 Å². The van der Waals surface area contributed by atoms with E-state index in [-0.39, 0.29) is 46.7 Å². The van der Waals surface area contributed by atoms with Crippen LogP contribution in [0.15, 0.2) is 43.1 Å². The fourth-order valence-electron chi connectivity index (χ4n) is 4.95. The molecule has 1 aliphatic heterocycles. The highest BCUT2D eigenvalue weighted by molar-refractivity contribution is 6.02. The lowest BCUT2D eigenvalue weighted by Gasteiger charge is -2.26. The van der Waals surface area contributed by atoms with Crippen molar-refractivity contribution in [2.45, 2.75) is 46.1 Å². The molecule has 0 spiro atoms. The summed E-state index contributed by atoms with van der Waals surface area (Å²) in [5.41, 5.74) is 3.16. The number of likely N-dealkylation sites (N-methyl/N-ethyl adjacent to an activating group) is 2. The van der Waals surface area contributed by atoms with Crippen LogP contribution in [0, 0.1) is 6.92 Å². The zero-order valence-corrected chi connectivity index (χ0v) is 27.2. The third-order valence-electron chi connectivity index (χ3n) is 7.15. The molecule has 0 atom stereocenters. The summed E-state index contributed by atoms with van der Waals surface area (Å²) >= 11 is 0. The van der Waals surface area contributed by atoms with Crippen molar-refractivity contribution in [2.24, 2.45) is 0 Å². The molecule has 3 heterocycles. The molecular formula is C33H44N8O4. The van der Waals surface area contributed by atoms with E-state index in [4.69, 9.17) is 23.6 Å². The van der Waals surface area contributed by atoms with Gasteiger partial charge in [0.05, 0.1) is 41.7 Å². The molecule has 0 radical (unpaired) electrons. The minimum absolute atomic E-state index is 0.116. The SMILES string of the molecule is [2H]C([2H])([2H])N(CCN(C)C)c1cc(OC)c(Nc2ncc(C(=O)OC(C)C)c(N3CC(C)(C)c4nc(C)ccc43)n2)cc1NC(=O)C=C. The third kappa shape index (κ3) is 7.51. The topological polar surface area (TPSA) is 125 Å². The predicted octanol–water partition coefficient (Wildman–Crippen LogP) is 5.05. The highest BCUT2D eigenvalue weighted by atomic mass is 16.5. The number of carbonyl (C=O) groups excluding carboxylic acids is 2. The zero-order chi connectivity index (χ0) is 35.6. The summed E-state index contributed by atoms with van der Waals surface area (Å²) in [4.78, 5) is 44.9. The number of amides is 1. The van der Waals surface area contributed by atoms with E-state index in [9.17, 15) is 9.59 Å². The Morgan fingerprint density at radius 2 is 1.96 bits per heavy atom. The molecule has 45 heavy (non-hydrogen) atoms. The Morgan fingerprint density at radius 1 is 1.20 bits per heavy atom. The summed E-state index contributed by atoms with van der Waals surface area (Å²) in [6.07, 6.45) is 2.13. The van der Waals surface area contributed by atoms with E-state index in [0.717, 1.165) is 23.2 Å². The Labute approximate surface area is 269 Å². The second-order valence-electron chi connectivity index (χ2n) is 12.0. The smallest absolute Gasteiger partial charge is 0.343 e. The van der Waals surface area contributed by atoms with Crippen LogP contribution in [-0.2, 0) is 14.9 Å². The number of hydrogen-bond acceptors (Lipinski definition) is 11. The maximum absolute atomic E-state index is 13.3. The number of esters is 1. The maximum atomic E-state index is 13.3. The van der Waals surface area contributed by atoms with E-state index in [0.29, 0.717) is 24.6 Å². The number of benzene rings is 1. The molecule has 2 aromatic heterocycles. The lowest BCUT2D eigenvalue weighted by molar-refractivity contribution is -0.111. The highest BCUT2D eigenvalue weighted by Gasteiger charge is 2.39. The van der Waals surface area contributed by atoms with E-state index >= 15 is 0 Å². The van der Waals surface area contributed by atoms with Gasteiger partial charge in [-0.1, -0.05) is 20.4 Å². The molecule has 0 fully saturated rings. The van der Waals surface area contributed by atoms with E-state index in [1.54, 1.807) is 19.9 Å². The molecule has 3 aromatic rings. The van der Waals surface area contributed by atoms with Crippen LogP contribution in [0.4, 0.5) is 34.5 Å². The number of methoxy groups -OCH3 is 1. The van der Waals surface area contributed by atoms with E-state index in [2.05, 4.69) is 36.0 Å². The first-order chi connectivity index (χ1) is 22.4. The molecule has 240 valence electrons. The number of carbonyl (C=O) groups is 2. The molecule has 0 unspecified atom stereocenters. The number of ether oxygens (including phenoxy) is 2.